The average molecular weight is 405 g/mol. The first-order chi connectivity index (χ1) is 13.4. The average Bonchev–Trinajstić information content (AvgIpc) is 2.70. The number of carbonyl (C=O) groups is 1. The first kappa shape index (κ1) is 21.0. The summed E-state index contributed by atoms with van der Waals surface area (Å²) < 4.78 is 0. The topological polar surface area (TPSA) is 98.0 Å². The SMILES string of the molecule is CCc1ccc(Cc2cc(C3C(=O)C(CO)C(O)C(O)C3O)ccc2Cl)cc1. The molecule has 1 aliphatic carbocycles. The van der Waals surface area contributed by atoms with Crippen molar-refractivity contribution < 1.29 is 25.2 Å². The minimum Gasteiger partial charge on any atom is -0.396 e. The van der Waals surface area contributed by atoms with Gasteiger partial charge in [-0.1, -0.05) is 54.9 Å². The summed E-state index contributed by atoms with van der Waals surface area (Å²) in [4.78, 5) is 12.7. The Morgan fingerprint density at radius 3 is 2.18 bits per heavy atom. The summed E-state index contributed by atoms with van der Waals surface area (Å²) in [5.41, 5.74) is 3.61. The maximum absolute atomic E-state index is 12.7. The molecule has 0 bridgehead atoms. The molecule has 0 amide bonds. The number of halogens is 1. The van der Waals surface area contributed by atoms with Gasteiger partial charge in [0.05, 0.1) is 30.7 Å². The molecule has 28 heavy (non-hydrogen) atoms. The maximum Gasteiger partial charge on any atom is 0.151 e. The van der Waals surface area contributed by atoms with Crippen LogP contribution in [0.2, 0.25) is 5.02 Å². The standard InChI is InChI=1S/C22H25ClO5/c1-2-12-3-5-13(6-4-12)9-15-10-14(7-8-17(15)23)18-19(25)16(11-24)20(26)22(28)21(18)27/h3-8,10,16,18,20-22,24,26-28H,2,9,11H2,1H3. The van der Waals surface area contributed by atoms with E-state index < -0.39 is 42.5 Å². The van der Waals surface area contributed by atoms with Gasteiger partial charge in [-0.2, -0.15) is 0 Å². The molecule has 0 saturated heterocycles. The largest absolute Gasteiger partial charge is 0.396 e. The minimum atomic E-state index is -1.51. The zero-order valence-electron chi connectivity index (χ0n) is 15.6. The number of rotatable bonds is 5. The quantitative estimate of drug-likeness (QED) is 0.609. The van der Waals surface area contributed by atoms with Crippen molar-refractivity contribution in [2.24, 2.45) is 5.92 Å². The lowest BCUT2D eigenvalue weighted by molar-refractivity contribution is -0.158. The molecule has 5 unspecified atom stereocenters. The third kappa shape index (κ3) is 4.00. The van der Waals surface area contributed by atoms with Crippen molar-refractivity contribution in [1.82, 2.24) is 0 Å². The van der Waals surface area contributed by atoms with Gasteiger partial charge in [0.2, 0.25) is 0 Å². The van der Waals surface area contributed by atoms with Gasteiger partial charge in [-0.25, -0.2) is 0 Å². The summed E-state index contributed by atoms with van der Waals surface area (Å²) in [6.45, 7) is 1.50. The second-order valence-electron chi connectivity index (χ2n) is 7.34. The molecule has 1 aliphatic rings. The van der Waals surface area contributed by atoms with Crippen LogP contribution in [0.4, 0.5) is 0 Å². The van der Waals surface area contributed by atoms with Gasteiger partial charge >= 0.3 is 0 Å². The van der Waals surface area contributed by atoms with Crippen molar-refractivity contribution in [3.8, 4) is 0 Å². The van der Waals surface area contributed by atoms with E-state index in [2.05, 4.69) is 19.1 Å². The van der Waals surface area contributed by atoms with Gasteiger partial charge in [-0.15, -0.1) is 0 Å². The van der Waals surface area contributed by atoms with Crippen molar-refractivity contribution in [1.29, 1.82) is 0 Å². The van der Waals surface area contributed by atoms with Crippen LogP contribution in [0, 0.1) is 5.92 Å². The van der Waals surface area contributed by atoms with E-state index in [1.54, 1.807) is 18.2 Å². The van der Waals surface area contributed by atoms with Crippen molar-refractivity contribution in [2.45, 2.75) is 44.0 Å². The molecular weight excluding hydrogens is 380 g/mol. The highest BCUT2D eigenvalue weighted by molar-refractivity contribution is 6.31. The molecule has 4 N–H and O–H groups in total. The highest BCUT2D eigenvalue weighted by Crippen LogP contribution is 2.36. The van der Waals surface area contributed by atoms with Gasteiger partial charge in [-0.3, -0.25) is 4.79 Å². The first-order valence-electron chi connectivity index (χ1n) is 9.42. The molecule has 2 aromatic rings. The number of aliphatic hydroxyl groups excluding tert-OH is 4. The molecule has 3 rings (SSSR count). The highest BCUT2D eigenvalue weighted by Gasteiger charge is 2.48. The first-order valence-corrected chi connectivity index (χ1v) is 9.80. The van der Waals surface area contributed by atoms with E-state index in [1.807, 2.05) is 12.1 Å². The maximum atomic E-state index is 12.7. The van der Waals surface area contributed by atoms with E-state index in [4.69, 9.17) is 11.6 Å². The van der Waals surface area contributed by atoms with Crippen molar-refractivity contribution in [3.05, 3.63) is 69.7 Å². The van der Waals surface area contributed by atoms with Crippen LogP contribution in [0.15, 0.2) is 42.5 Å². The Kier molecular flexibility index (Phi) is 6.53. The van der Waals surface area contributed by atoms with E-state index in [0.29, 0.717) is 17.0 Å². The van der Waals surface area contributed by atoms with E-state index >= 15 is 0 Å². The molecule has 0 radical (unpaired) electrons. The molecule has 1 fully saturated rings. The Morgan fingerprint density at radius 1 is 0.929 bits per heavy atom. The molecule has 1 saturated carbocycles. The third-order valence-electron chi connectivity index (χ3n) is 5.58. The van der Waals surface area contributed by atoms with Crippen LogP contribution in [-0.4, -0.2) is 51.1 Å². The van der Waals surface area contributed by atoms with Crippen LogP contribution in [-0.2, 0) is 17.6 Å². The predicted octanol–water partition coefficient (Wildman–Crippen LogP) is 1.85. The zero-order valence-corrected chi connectivity index (χ0v) is 16.4. The summed E-state index contributed by atoms with van der Waals surface area (Å²) in [6.07, 6.45) is -2.95. The number of aryl methyl sites for hydroxylation is 1. The van der Waals surface area contributed by atoms with Crippen LogP contribution in [0.1, 0.15) is 35.1 Å². The van der Waals surface area contributed by atoms with Crippen LogP contribution in [0.5, 0.6) is 0 Å². The number of Topliss-reactive ketones (excluding diaryl/α,β-unsaturated/α-hetero) is 1. The summed E-state index contributed by atoms with van der Waals surface area (Å²) in [5, 5.41) is 40.5. The Balaban J connectivity index is 1.92. The Labute approximate surface area is 169 Å². The van der Waals surface area contributed by atoms with E-state index in [-0.39, 0.29) is 0 Å². The van der Waals surface area contributed by atoms with Crippen molar-refractivity contribution in [2.75, 3.05) is 6.61 Å². The number of aliphatic hydroxyl groups is 4. The number of carbonyl (C=O) groups excluding carboxylic acids is 1. The number of benzene rings is 2. The van der Waals surface area contributed by atoms with E-state index in [9.17, 15) is 25.2 Å². The van der Waals surface area contributed by atoms with Gasteiger partial charge in [-0.05, 0) is 41.2 Å². The lowest BCUT2D eigenvalue weighted by Crippen LogP contribution is -2.56. The van der Waals surface area contributed by atoms with Crippen molar-refractivity contribution >= 4 is 17.4 Å². The monoisotopic (exact) mass is 404 g/mol. The fourth-order valence-corrected chi connectivity index (χ4v) is 3.98. The number of hydrogen-bond donors (Lipinski definition) is 4. The lowest BCUT2D eigenvalue weighted by atomic mass is 9.72. The summed E-state index contributed by atoms with van der Waals surface area (Å²) in [7, 11) is 0. The molecular formula is C22H25ClO5. The number of hydrogen-bond acceptors (Lipinski definition) is 5. The molecule has 5 atom stereocenters. The molecule has 0 spiro atoms. The molecule has 0 aliphatic heterocycles. The Bertz CT molecular complexity index is 835. The second kappa shape index (κ2) is 8.72. The van der Waals surface area contributed by atoms with Gasteiger partial charge in [0.1, 0.15) is 6.10 Å². The summed E-state index contributed by atoms with van der Waals surface area (Å²) >= 11 is 6.35. The van der Waals surface area contributed by atoms with E-state index in [1.165, 1.54) is 5.56 Å². The van der Waals surface area contributed by atoms with Gasteiger partial charge in [0.15, 0.2) is 5.78 Å². The van der Waals surface area contributed by atoms with Crippen LogP contribution >= 0.6 is 11.6 Å². The summed E-state index contributed by atoms with van der Waals surface area (Å²) in [5.74, 6) is -2.66. The smallest absolute Gasteiger partial charge is 0.151 e. The zero-order chi connectivity index (χ0) is 20.4. The van der Waals surface area contributed by atoms with Crippen LogP contribution in [0.3, 0.4) is 0 Å². The molecule has 0 aromatic heterocycles. The van der Waals surface area contributed by atoms with Crippen LogP contribution < -0.4 is 0 Å². The van der Waals surface area contributed by atoms with Crippen molar-refractivity contribution in [3.63, 3.8) is 0 Å². The molecule has 0 heterocycles. The number of ketones is 1. The molecule has 2 aromatic carbocycles. The molecule has 5 nitrogen and oxygen atoms in total. The van der Waals surface area contributed by atoms with Gasteiger partial charge in [0.25, 0.3) is 0 Å². The van der Waals surface area contributed by atoms with Crippen LogP contribution in [0.25, 0.3) is 0 Å². The molecule has 6 heteroatoms. The Morgan fingerprint density at radius 2 is 1.57 bits per heavy atom. The second-order valence-corrected chi connectivity index (χ2v) is 7.75. The third-order valence-corrected chi connectivity index (χ3v) is 5.95. The molecule has 150 valence electrons. The fraction of sp³-hybridized carbons (Fsp3) is 0.409. The summed E-state index contributed by atoms with van der Waals surface area (Å²) in [6, 6.07) is 13.2. The lowest BCUT2D eigenvalue weighted by Gasteiger charge is -2.39. The Hall–Kier alpha value is -1.76. The predicted molar refractivity (Wildman–Crippen MR) is 106 cm³/mol. The van der Waals surface area contributed by atoms with Gasteiger partial charge < -0.3 is 20.4 Å². The normalized spacial score (nSPS) is 27.8. The fourth-order valence-electron chi connectivity index (χ4n) is 3.80. The van der Waals surface area contributed by atoms with Gasteiger partial charge in [0, 0.05) is 5.02 Å². The minimum absolute atomic E-state index is 0.492. The van der Waals surface area contributed by atoms with E-state index in [0.717, 1.165) is 17.5 Å². The highest BCUT2D eigenvalue weighted by atomic mass is 35.5.